The Bertz CT molecular complexity index is 361. The van der Waals surface area contributed by atoms with Gasteiger partial charge in [0, 0.05) is 10.1 Å². The average Bonchev–Trinajstić information content (AvgIpc) is 2.94. The first kappa shape index (κ1) is 12.6. The van der Waals surface area contributed by atoms with Gasteiger partial charge >= 0.3 is 0 Å². The molecule has 1 saturated carbocycles. The van der Waals surface area contributed by atoms with Gasteiger partial charge in [0.25, 0.3) is 0 Å². The van der Waals surface area contributed by atoms with E-state index < -0.39 is 0 Å². The van der Waals surface area contributed by atoms with Crippen LogP contribution in [0.5, 0.6) is 0 Å². The van der Waals surface area contributed by atoms with Crippen LogP contribution in [-0.4, -0.2) is 18.3 Å². The third-order valence-electron chi connectivity index (χ3n) is 4.30. The molecular formula is C16H23NS. The monoisotopic (exact) mass is 261 g/mol. The van der Waals surface area contributed by atoms with E-state index in [2.05, 4.69) is 41.3 Å². The first-order chi connectivity index (χ1) is 8.92. The van der Waals surface area contributed by atoms with Gasteiger partial charge in [-0.25, -0.2) is 0 Å². The summed E-state index contributed by atoms with van der Waals surface area (Å²) in [5, 5.41) is 4.32. The fraction of sp³-hybridized carbons (Fsp3) is 0.625. The van der Waals surface area contributed by atoms with Crippen molar-refractivity contribution >= 4 is 11.8 Å². The summed E-state index contributed by atoms with van der Waals surface area (Å²) in [4.78, 5) is 1.47. The van der Waals surface area contributed by atoms with Crippen molar-refractivity contribution in [3.63, 3.8) is 0 Å². The van der Waals surface area contributed by atoms with Crippen molar-refractivity contribution in [1.29, 1.82) is 0 Å². The molecule has 3 rings (SSSR count). The van der Waals surface area contributed by atoms with Crippen LogP contribution >= 0.6 is 11.8 Å². The quantitative estimate of drug-likeness (QED) is 0.875. The molecule has 0 unspecified atom stereocenters. The van der Waals surface area contributed by atoms with Crippen LogP contribution in [0.25, 0.3) is 0 Å². The van der Waals surface area contributed by atoms with Gasteiger partial charge in [-0.15, -0.1) is 11.8 Å². The topological polar surface area (TPSA) is 12.0 Å². The summed E-state index contributed by atoms with van der Waals surface area (Å²) in [6.07, 6.45) is 8.31. The van der Waals surface area contributed by atoms with Gasteiger partial charge in [-0.1, -0.05) is 25.0 Å². The molecule has 1 N–H and O–H groups in total. The fourth-order valence-electron chi connectivity index (χ4n) is 3.17. The van der Waals surface area contributed by atoms with Gasteiger partial charge in [-0.3, -0.25) is 0 Å². The molecule has 0 amide bonds. The lowest BCUT2D eigenvalue weighted by Crippen LogP contribution is -2.26. The molecule has 0 aromatic heterocycles. The maximum Gasteiger partial charge on any atom is 0.00944 e. The molecule has 2 fully saturated rings. The van der Waals surface area contributed by atoms with Gasteiger partial charge in [0.1, 0.15) is 0 Å². The lowest BCUT2D eigenvalue weighted by Gasteiger charge is -2.23. The third-order valence-corrected chi connectivity index (χ3v) is 5.64. The summed E-state index contributed by atoms with van der Waals surface area (Å²) in [6.45, 7) is 2.37. The first-order valence-electron chi connectivity index (χ1n) is 7.39. The molecule has 1 aromatic carbocycles. The zero-order valence-corrected chi connectivity index (χ0v) is 11.8. The molecule has 1 aliphatic carbocycles. The molecule has 0 atom stereocenters. The van der Waals surface area contributed by atoms with Crippen LogP contribution in [0.1, 0.15) is 50.0 Å². The van der Waals surface area contributed by atoms with Crippen molar-refractivity contribution in [2.75, 3.05) is 13.1 Å². The van der Waals surface area contributed by atoms with Crippen LogP contribution < -0.4 is 5.32 Å². The minimum Gasteiger partial charge on any atom is -0.317 e. The Hall–Kier alpha value is -0.470. The van der Waals surface area contributed by atoms with Crippen LogP contribution in [-0.2, 0) is 0 Å². The normalized spacial score (nSPS) is 22.4. The van der Waals surface area contributed by atoms with Crippen LogP contribution in [0.4, 0.5) is 0 Å². The Labute approximate surface area is 115 Å². The molecule has 1 nitrogen and oxygen atoms in total. The van der Waals surface area contributed by atoms with E-state index in [0.717, 1.165) is 11.2 Å². The number of rotatable bonds is 3. The second-order valence-electron chi connectivity index (χ2n) is 5.62. The molecule has 2 aliphatic rings. The van der Waals surface area contributed by atoms with Gasteiger partial charge in [-0.05, 0) is 62.4 Å². The molecule has 0 radical (unpaired) electrons. The van der Waals surface area contributed by atoms with Gasteiger partial charge in [-0.2, -0.15) is 0 Å². The summed E-state index contributed by atoms with van der Waals surface area (Å²) in [7, 11) is 0. The van der Waals surface area contributed by atoms with Crippen molar-refractivity contribution < 1.29 is 0 Å². The smallest absolute Gasteiger partial charge is 0.00944 e. The number of hydrogen-bond donors (Lipinski definition) is 1. The van der Waals surface area contributed by atoms with Gasteiger partial charge in [0.2, 0.25) is 0 Å². The zero-order valence-electron chi connectivity index (χ0n) is 11.0. The molecule has 2 heteroatoms. The second kappa shape index (κ2) is 6.12. The molecule has 0 spiro atoms. The fourth-order valence-corrected chi connectivity index (χ4v) is 4.42. The Morgan fingerprint density at radius 2 is 1.56 bits per heavy atom. The SMILES string of the molecule is c1cc(C2CCNCC2)ccc1SC1CCCC1. The third kappa shape index (κ3) is 3.10. The highest BCUT2D eigenvalue weighted by molar-refractivity contribution is 8.00. The van der Waals surface area contributed by atoms with E-state index in [0.29, 0.717) is 0 Å². The van der Waals surface area contributed by atoms with Gasteiger partial charge < -0.3 is 5.32 Å². The molecule has 1 aromatic rings. The van der Waals surface area contributed by atoms with Crippen molar-refractivity contribution in [2.24, 2.45) is 0 Å². The summed E-state index contributed by atoms with van der Waals surface area (Å²) in [5.41, 5.74) is 1.55. The van der Waals surface area contributed by atoms with E-state index in [9.17, 15) is 0 Å². The van der Waals surface area contributed by atoms with E-state index >= 15 is 0 Å². The van der Waals surface area contributed by atoms with Crippen LogP contribution in [0.3, 0.4) is 0 Å². The predicted molar refractivity (Wildman–Crippen MR) is 79.4 cm³/mol. The Morgan fingerprint density at radius 1 is 0.889 bits per heavy atom. The lowest BCUT2D eigenvalue weighted by molar-refractivity contribution is 0.460. The maximum atomic E-state index is 3.44. The van der Waals surface area contributed by atoms with Crippen molar-refractivity contribution in [1.82, 2.24) is 5.32 Å². The Balaban J connectivity index is 1.60. The van der Waals surface area contributed by atoms with Crippen LogP contribution in [0.15, 0.2) is 29.2 Å². The Morgan fingerprint density at radius 3 is 2.22 bits per heavy atom. The van der Waals surface area contributed by atoms with E-state index in [1.165, 1.54) is 56.5 Å². The maximum absolute atomic E-state index is 3.44. The first-order valence-corrected chi connectivity index (χ1v) is 8.27. The number of thioether (sulfide) groups is 1. The molecule has 0 bridgehead atoms. The minimum atomic E-state index is 0.789. The van der Waals surface area contributed by atoms with Crippen molar-refractivity contribution in [2.45, 2.75) is 54.6 Å². The predicted octanol–water partition coefficient (Wildman–Crippen LogP) is 4.19. The standard InChI is InChI=1S/C16H23NS/c1-2-4-15(3-1)18-16-7-5-13(6-8-16)14-9-11-17-12-10-14/h5-8,14-15,17H,1-4,9-12H2. The highest BCUT2D eigenvalue weighted by Crippen LogP contribution is 2.35. The summed E-state index contributed by atoms with van der Waals surface area (Å²) in [5.74, 6) is 0.789. The number of hydrogen-bond acceptors (Lipinski definition) is 2. The number of piperidine rings is 1. The summed E-state index contributed by atoms with van der Waals surface area (Å²) >= 11 is 2.09. The molecular weight excluding hydrogens is 238 g/mol. The van der Waals surface area contributed by atoms with Gasteiger partial charge in [0.05, 0.1) is 0 Å². The van der Waals surface area contributed by atoms with E-state index in [1.807, 2.05) is 0 Å². The summed E-state index contributed by atoms with van der Waals surface area (Å²) < 4.78 is 0. The van der Waals surface area contributed by atoms with Crippen LogP contribution in [0, 0.1) is 0 Å². The lowest BCUT2D eigenvalue weighted by atomic mass is 9.90. The minimum absolute atomic E-state index is 0.789. The molecule has 1 heterocycles. The molecule has 1 aliphatic heterocycles. The molecule has 98 valence electrons. The van der Waals surface area contributed by atoms with Crippen molar-refractivity contribution in [3.05, 3.63) is 29.8 Å². The Kier molecular flexibility index (Phi) is 4.27. The highest BCUT2D eigenvalue weighted by atomic mass is 32.2. The van der Waals surface area contributed by atoms with Crippen molar-refractivity contribution in [3.8, 4) is 0 Å². The molecule has 1 saturated heterocycles. The van der Waals surface area contributed by atoms with E-state index in [4.69, 9.17) is 0 Å². The zero-order chi connectivity index (χ0) is 12.2. The van der Waals surface area contributed by atoms with Crippen LogP contribution in [0.2, 0.25) is 0 Å². The van der Waals surface area contributed by atoms with E-state index in [-0.39, 0.29) is 0 Å². The summed E-state index contributed by atoms with van der Waals surface area (Å²) in [6, 6.07) is 9.43. The van der Waals surface area contributed by atoms with E-state index in [1.54, 1.807) is 5.56 Å². The largest absolute Gasteiger partial charge is 0.317 e. The highest BCUT2D eigenvalue weighted by Gasteiger charge is 2.17. The second-order valence-corrected chi connectivity index (χ2v) is 6.99. The number of nitrogens with one attached hydrogen (secondary N) is 1. The molecule has 18 heavy (non-hydrogen) atoms. The van der Waals surface area contributed by atoms with Gasteiger partial charge in [0.15, 0.2) is 0 Å². The average molecular weight is 261 g/mol. The number of benzene rings is 1.